The summed E-state index contributed by atoms with van der Waals surface area (Å²) in [4.78, 5) is 10.8. The van der Waals surface area contributed by atoms with Gasteiger partial charge in [0.05, 0.1) is 0 Å². The maximum Gasteiger partial charge on any atom is 1.00 e. The van der Waals surface area contributed by atoms with Crippen LogP contribution in [0.15, 0.2) is 0 Å². The van der Waals surface area contributed by atoms with Crippen LogP contribution >= 0.6 is 0 Å². The molecule has 1 N–H and O–H groups in total. The fourth-order valence-electron chi connectivity index (χ4n) is 3.99. The van der Waals surface area contributed by atoms with E-state index in [2.05, 4.69) is 27.7 Å². The van der Waals surface area contributed by atoms with Gasteiger partial charge in [-0.3, -0.25) is 0 Å². The van der Waals surface area contributed by atoms with E-state index in [1.165, 1.54) is 122 Å². The monoisotopic (exact) mass is 461 g/mol. The molecule has 32 heavy (non-hydrogen) atoms. The Morgan fingerprint density at radius 3 is 1.16 bits per heavy atom. The summed E-state index contributed by atoms with van der Waals surface area (Å²) in [6.07, 6.45) is 26.8. The molecule has 0 spiro atoms. The van der Waals surface area contributed by atoms with Crippen molar-refractivity contribution in [1.82, 2.24) is 0 Å². The van der Waals surface area contributed by atoms with Crippen molar-refractivity contribution < 1.29 is 40.9 Å². The van der Waals surface area contributed by atoms with Crippen LogP contribution in [0.5, 0.6) is 0 Å². The van der Waals surface area contributed by atoms with Crippen molar-refractivity contribution in [3.8, 4) is 0 Å². The summed E-state index contributed by atoms with van der Waals surface area (Å²) in [5.74, 6) is 0.928. The second-order valence-electron chi connectivity index (χ2n) is 9.34. The molecule has 0 amide bonds. The average molecular weight is 462 g/mol. The number of hydrogen-bond acceptors (Lipinski definition) is 2. The second kappa shape index (κ2) is 36.3. The fraction of sp³-hybridized carbons (Fsp3) is 0.964. The van der Waals surface area contributed by atoms with E-state index in [0.717, 1.165) is 12.8 Å². The first kappa shape index (κ1) is 39.9. The molecule has 0 rings (SSSR count). The standard InChI is InChI=1S/C14H30O.C14H28O.B.Na.H/c2*1-3-5-7-9-11-14(13-15)12-10-8-6-4-2;;;/h14-15H,3-13H2,1-2H3;13-14H,3-12H2,1-2H3;;;/q;;;+1;-1. The molecule has 0 aliphatic heterocycles. The van der Waals surface area contributed by atoms with Gasteiger partial charge in [0.15, 0.2) is 0 Å². The fourth-order valence-corrected chi connectivity index (χ4v) is 3.99. The van der Waals surface area contributed by atoms with Crippen LogP contribution in [-0.4, -0.2) is 26.4 Å². The van der Waals surface area contributed by atoms with Crippen molar-refractivity contribution in [2.75, 3.05) is 6.61 Å². The van der Waals surface area contributed by atoms with Gasteiger partial charge in [-0.2, -0.15) is 0 Å². The molecule has 4 heteroatoms. The molecule has 0 saturated heterocycles. The van der Waals surface area contributed by atoms with Gasteiger partial charge in [-0.15, -0.1) is 0 Å². The zero-order valence-corrected chi connectivity index (χ0v) is 25.0. The number of carbonyl (C=O) groups excluding carboxylic acids is 1. The van der Waals surface area contributed by atoms with Gasteiger partial charge in [0.1, 0.15) is 6.29 Å². The van der Waals surface area contributed by atoms with Crippen LogP contribution in [-0.2, 0) is 4.79 Å². The van der Waals surface area contributed by atoms with Crippen molar-refractivity contribution >= 4 is 14.7 Å². The normalized spacial score (nSPS) is 10.3. The molecule has 0 unspecified atom stereocenters. The Morgan fingerprint density at radius 2 is 0.906 bits per heavy atom. The third-order valence-corrected chi connectivity index (χ3v) is 6.24. The Morgan fingerprint density at radius 1 is 0.594 bits per heavy atom. The first-order chi connectivity index (χ1) is 14.7. The van der Waals surface area contributed by atoms with E-state index < -0.39 is 0 Å². The minimum Gasteiger partial charge on any atom is -1.00 e. The SMILES string of the molecule is CCCCCCC(C=O)CCCCCC.CCCCCCC(CO)CCCCCC.[B].[H-].[Na+]. The van der Waals surface area contributed by atoms with E-state index in [0.29, 0.717) is 18.4 Å². The Balaban J connectivity index is -0.000000145. The van der Waals surface area contributed by atoms with Crippen LogP contribution in [0.4, 0.5) is 0 Å². The minimum atomic E-state index is 0. The Labute approximate surface area is 229 Å². The van der Waals surface area contributed by atoms with Crippen LogP contribution in [0, 0.1) is 11.8 Å². The summed E-state index contributed by atoms with van der Waals surface area (Å²) in [7, 11) is 0. The maximum atomic E-state index is 10.8. The topological polar surface area (TPSA) is 37.3 Å². The van der Waals surface area contributed by atoms with Crippen molar-refractivity contribution in [3.63, 3.8) is 0 Å². The minimum absolute atomic E-state index is 0. The smallest absolute Gasteiger partial charge is 1.00 e. The molecule has 0 atom stereocenters. The van der Waals surface area contributed by atoms with Gasteiger partial charge in [-0.05, 0) is 31.6 Å². The van der Waals surface area contributed by atoms with Crippen LogP contribution in [0.25, 0.3) is 0 Å². The van der Waals surface area contributed by atoms with E-state index in [1.54, 1.807) is 0 Å². The Kier molecular flexibility index (Phi) is 45.2. The molecule has 187 valence electrons. The van der Waals surface area contributed by atoms with E-state index in [-0.39, 0.29) is 39.4 Å². The van der Waals surface area contributed by atoms with Gasteiger partial charge in [-0.1, -0.05) is 130 Å². The molecule has 0 aromatic carbocycles. The molecule has 0 aliphatic carbocycles. The van der Waals surface area contributed by atoms with Crippen molar-refractivity contribution in [1.29, 1.82) is 0 Å². The Hall–Kier alpha value is 0.695. The van der Waals surface area contributed by atoms with Crippen molar-refractivity contribution in [3.05, 3.63) is 0 Å². The summed E-state index contributed by atoms with van der Waals surface area (Å²) >= 11 is 0. The van der Waals surface area contributed by atoms with E-state index in [1.807, 2.05) is 0 Å². The molecule has 0 aliphatic rings. The molecule has 0 aromatic rings. The van der Waals surface area contributed by atoms with Crippen LogP contribution in [0.2, 0.25) is 0 Å². The number of rotatable bonds is 22. The molecule has 0 fully saturated rings. The van der Waals surface area contributed by atoms with Gasteiger partial charge in [0.2, 0.25) is 0 Å². The van der Waals surface area contributed by atoms with E-state index in [9.17, 15) is 9.90 Å². The number of unbranched alkanes of at least 4 members (excludes halogenated alkanes) is 12. The van der Waals surface area contributed by atoms with Crippen molar-refractivity contribution in [2.45, 2.75) is 156 Å². The number of hydrogen-bond donors (Lipinski definition) is 1. The second-order valence-corrected chi connectivity index (χ2v) is 9.34. The average Bonchev–Trinajstić information content (AvgIpc) is 2.77. The molecule has 0 bridgehead atoms. The third-order valence-electron chi connectivity index (χ3n) is 6.24. The molecule has 0 saturated carbocycles. The maximum absolute atomic E-state index is 10.8. The number of aliphatic hydroxyl groups is 1. The number of carbonyl (C=O) groups is 1. The Bertz CT molecular complexity index is 298. The number of aliphatic hydroxyl groups excluding tert-OH is 1. The van der Waals surface area contributed by atoms with Crippen LogP contribution < -0.4 is 29.6 Å². The molecular weight excluding hydrogens is 402 g/mol. The van der Waals surface area contributed by atoms with Gasteiger partial charge < -0.3 is 11.3 Å². The summed E-state index contributed by atoms with van der Waals surface area (Å²) in [5, 5.41) is 9.24. The van der Waals surface area contributed by atoms with Crippen LogP contribution in [0.1, 0.15) is 158 Å². The number of aldehydes is 1. The van der Waals surface area contributed by atoms with Crippen molar-refractivity contribution in [2.24, 2.45) is 11.8 Å². The predicted molar refractivity (Wildman–Crippen MR) is 142 cm³/mol. The predicted octanol–water partition coefficient (Wildman–Crippen LogP) is 6.01. The van der Waals surface area contributed by atoms with Gasteiger partial charge in [0, 0.05) is 20.9 Å². The summed E-state index contributed by atoms with van der Waals surface area (Å²) < 4.78 is 0. The summed E-state index contributed by atoms with van der Waals surface area (Å²) in [5.41, 5.74) is 0. The van der Waals surface area contributed by atoms with Gasteiger partial charge >= 0.3 is 29.6 Å². The zero-order chi connectivity index (χ0) is 22.7. The van der Waals surface area contributed by atoms with E-state index >= 15 is 0 Å². The molecular formula is C28H59BNaO2. The van der Waals surface area contributed by atoms with Crippen LogP contribution in [0.3, 0.4) is 0 Å². The molecule has 0 heterocycles. The summed E-state index contributed by atoms with van der Waals surface area (Å²) in [6, 6.07) is 0. The first-order valence-electron chi connectivity index (χ1n) is 13.8. The molecule has 0 aromatic heterocycles. The van der Waals surface area contributed by atoms with Gasteiger partial charge in [0.25, 0.3) is 0 Å². The molecule has 3 radical (unpaired) electrons. The zero-order valence-electron chi connectivity index (χ0n) is 24.0. The third kappa shape index (κ3) is 32.9. The van der Waals surface area contributed by atoms with Gasteiger partial charge in [-0.25, -0.2) is 0 Å². The summed E-state index contributed by atoms with van der Waals surface area (Å²) in [6.45, 7) is 9.34. The quantitative estimate of drug-likeness (QED) is 0.122. The molecule has 2 nitrogen and oxygen atoms in total. The van der Waals surface area contributed by atoms with E-state index in [4.69, 9.17) is 0 Å². The first-order valence-corrected chi connectivity index (χ1v) is 13.8. The largest absolute Gasteiger partial charge is 1.00 e.